The van der Waals surface area contributed by atoms with Crippen LogP contribution in [0.2, 0.25) is 0 Å². The highest BCUT2D eigenvalue weighted by Crippen LogP contribution is 2.37. The van der Waals surface area contributed by atoms with Crippen molar-refractivity contribution >= 4 is 10.9 Å². The quantitative estimate of drug-likeness (QED) is 0.581. The maximum atomic E-state index is 5.74. The molecule has 2 aromatic carbocycles. The smallest absolute Gasteiger partial charge is 0.0502 e. The number of unbranched alkanes of at least 4 members (excludes halogenated alkanes) is 1. The number of nitrogens with two attached hydrogens (primary N) is 1. The molecule has 3 rings (SSSR count). The van der Waals surface area contributed by atoms with E-state index in [1.54, 1.807) is 0 Å². The summed E-state index contributed by atoms with van der Waals surface area (Å²) in [5.74, 6) is 0. The van der Waals surface area contributed by atoms with Crippen molar-refractivity contribution in [2.45, 2.75) is 53.9 Å². The topological polar surface area (TPSA) is 41.8 Å². The van der Waals surface area contributed by atoms with E-state index in [9.17, 15) is 0 Å². The van der Waals surface area contributed by atoms with E-state index in [1.807, 2.05) is 0 Å². The van der Waals surface area contributed by atoms with E-state index in [0.717, 1.165) is 25.8 Å². The first kappa shape index (κ1) is 17.8. The molecule has 0 atom stereocenters. The number of aromatic nitrogens is 1. The summed E-state index contributed by atoms with van der Waals surface area (Å²) in [6.45, 7) is 11.8. The van der Waals surface area contributed by atoms with Gasteiger partial charge in [0.05, 0.1) is 5.69 Å². The monoisotopic (exact) mass is 334 g/mol. The molecule has 132 valence electrons. The first-order chi connectivity index (χ1) is 11.9. The maximum Gasteiger partial charge on any atom is 0.0502 e. The van der Waals surface area contributed by atoms with Crippen molar-refractivity contribution in [3.8, 4) is 11.3 Å². The Morgan fingerprint density at radius 3 is 2.04 bits per heavy atom. The minimum atomic E-state index is 0.762. The van der Waals surface area contributed by atoms with Crippen molar-refractivity contribution in [2.24, 2.45) is 5.73 Å². The van der Waals surface area contributed by atoms with Gasteiger partial charge in [-0.25, -0.2) is 0 Å². The molecule has 0 radical (unpaired) electrons. The Balaban J connectivity index is 2.27. The van der Waals surface area contributed by atoms with E-state index < -0.39 is 0 Å². The van der Waals surface area contributed by atoms with E-state index in [0.29, 0.717) is 0 Å². The van der Waals surface area contributed by atoms with Crippen LogP contribution in [-0.4, -0.2) is 11.5 Å². The van der Waals surface area contributed by atoms with E-state index in [1.165, 1.54) is 55.5 Å². The number of aryl methyl sites for hydroxylation is 6. The molecule has 0 aliphatic rings. The first-order valence-corrected chi connectivity index (χ1v) is 9.32. The number of aromatic amines is 1. The van der Waals surface area contributed by atoms with Crippen LogP contribution in [0.15, 0.2) is 24.3 Å². The Morgan fingerprint density at radius 1 is 0.800 bits per heavy atom. The number of benzene rings is 2. The minimum absolute atomic E-state index is 0.762. The van der Waals surface area contributed by atoms with Gasteiger partial charge in [-0.05, 0) is 88.7 Å². The van der Waals surface area contributed by atoms with Crippen molar-refractivity contribution in [3.63, 3.8) is 0 Å². The lowest BCUT2D eigenvalue weighted by atomic mass is 9.92. The Labute approximate surface area is 151 Å². The van der Waals surface area contributed by atoms with E-state index in [-0.39, 0.29) is 0 Å². The van der Waals surface area contributed by atoms with Crippen LogP contribution in [0.3, 0.4) is 0 Å². The highest BCUT2D eigenvalue weighted by Gasteiger charge is 2.17. The minimum Gasteiger partial charge on any atom is -0.354 e. The molecule has 3 N–H and O–H groups in total. The van der Waals surface area contributed by atoms with Crippen molar-refractivity contribution in [3.05, 3.63) is 57.6 Å². The zero-order valence-electron chi connectivity index (χ0n) is 16.2. The van der Waals surface area contributed by atoms with Gasteiger partial charge in [-0.1, -0.05) is 29.3 Å². The second-order valence-corrected chi connectivity index (χ2v) is 7.50. The summed E-state index contributed by atoms with van der Waals surface area (Å²) in [5, 5.41) is 1.38. The molecule has 0 amide bonds. The molecule has 0 unspecified atom stereocenters. The molecular weight excluding hydrogens is 304 g/mol. The van der Waals surface area contributed by atoms with Crippen molar-refractivity contribution in [1.29, 1.82) is 0 Å². The number of hydrogen-bond acceptors (Lipinski definition) is 1. The van der Waals surface area contributed by atoms with Gasteiger partial charge in [0.1, 0.15) is 0 Å². The highest BCUT2D eigenvalue weighted by atomic mass is 14.7. The fourth-order valence-electron chi connectivity index (χ4n) is 4.20. The summed E-state index contributed by atoms with van der Waals surface area (Å²) in [6.07, 6.45) is 3.28. The van der Waals surface area contributed by atoms with E-state index in [2.05, 4.69) is 63.9 Å². The summed E-state index contributed by atoms with van der Waals surface area (Å²) < 4.78 is 0. The predicted octanol–water partition coefficient (Wildman–Crippen LogP) is 5.66. The maximum absolute atomic E-state index is 5.74. The van der Waals surface area contributed by atoms with Crippen LogP contribution in [0.4, 0.5) is 0 Å². The van der Waals surface area contributed by atoms with Gasteiger partial charge in [0.2, 0.25) is 0 Å². The van der Waals surface area contributed by atoms with Crippen LogP contribution >= 0.6 is 0 Å². The average Bonchev–Trinajstić information content (AvgIpc) is 2.85. The third-order valence-electron chi connectivity index (χ3n) is 5.16. The van der Waals surface area contributed by atoms with Crippen molar-refractivity contribution < 1.29 is 0 Å². The largest absolute Gasteiger partial charge is 0.354 e. The van der Waals surface area contributed by atoms with Crippen molar-refractivity contribution in [1.82, 2.24) is 4.98 Å². The van der Waals surface area contributed by atoms with E-state index in [4.69, 9.17) is 5.73 Å². The molecule has 0 aliphatic heterocycles. The molecule has 0 spiro atoms. The lowest BCUT2D eigenvalue weighted by Gasteiger charge is -2.13. The van der Waals surface area contributed by atoms with Crippen LogP contribution in [0, 0.1) is 34.6 Å². The molecule has 0 aliphatic carbocycles. The SMILES string of the molecule is Cc1cc(C)c(-c2[nH]c3c(C)cc(C)cc3c2CCCCN)c(C)c1. The Hall–Kier alpha value is -2.06. The summed E-state index contributed by atoms with van der Waals surface area (Å²) in [4.78, 5) is 3.77. The van der Waals surface area contributed by atoms with Crippen LogP contribution in [0.1, 0.15) is 46.2 Å². The zero-order valence-corrected chi connectivity index (χ0v) is 16.2. The van der Waals surface area contributed by atoms with Gasteiger partial charge in [0.25, 0.3) is 0 Å². The number of hydrogen-bond donors (Lipinski definition) is 2. The van der Waals surface area contributed by atoms with Crippen LogP contribution < -0.4 is 5.73 Å². The lowest BCUT2D eigenvalue weighted by molar-refractivity contribution is 0.748. The molecule has 1 heterocycles. The molecule has 3 aromatic rings. The fourth-order valence-corrected chi connectivity index (χ4v) is 4.20. The van der Waals surface area contributed by atoms with Gasteiger partial charge in [-0.3, -0.25) is 0 Å². The normalized spacial score (nSPS) is 11.4. The van der Waals surface area contributed by atoms with Gasteiger partial charge in [0.15, 0.2) is 0 Å². The summed E-state index contributed by atoms with van der Waals surface area (Å²) in [7, 11) is 0. The number of nitrogens with one attached hydrogen (secondary N) is 1. The summed E-state index contributed by atoms with van der Waals surface area (Å²) in [6, 6.07) is 9.17. The first-order valence-electron chi connectivity index (χ1n) is 9.32. The fraction of sp³-hybridized carbons (Fsp3) is 0.391. The number of H-pyrrole nitrogens is 1. The van der Waals surface area contributed by atoms with Gasteiger partial charge in [-0.15, -0.1) is 0 Å². The predicted molar refractivity (Wildman–Crippen MR) is 109 cm³/mol. The van der Waals surface area contributed by atoms with Gasteiger partial charge in [0, 0.05) is 16.5 Å². The highest BCUT2D eigenvalue weighted by molar-refractivity contribution is 5.94. The second-order valence-electron chi connectivity index (χ2n) is 7.50. The van der Waals surface area contributed by atoms with Gasteiger partial charge in [-0.2, -0.15) is 0 Å². The Bertz CT molecular complexity index is 892. The summed E-state index contributed by atoms with van der Waals surface area (Å²) in [5.41, 5.74) is 17.8. The standard InChI is InChI=1S/C23H30N2/c1-14-10-16(3)21(17(4)11-14)23-19(8-6-7-9-24)20-13-15(2)12-18(5)22(20)25-23/h10-13,25H,6-9,24H2,1-5H3. The van der Waals surface area contributed by atoms with Crippen molar-refractivity contribution in [2.75, 3.05) is 6.54 Å². The molecular formula is C23H30N2. The molecule has 2 nitrogen and oxygen atoms in total. The third kappa shape index (κ3) is 3.36. The van der Waals surface area contributed by atoms with Gasteiger partial charge >= 0.3 is 0 Å². The van der Waals surface area contributed by atoms with E-state index >= 15 is 0 Å². The van der Waals surface area contributed by atoms with Crippen LogP contribution in [-0.2, 0) is 6.42 Å². The number of fused-ring (bicyclic) bond motifs is 1. The van der Waals surface area contributed by atoms with Gasteiger partial charge < -0.3 is 10.7 Å². The third-order valence-corrected chi connectivity index (χ3v) is 5.16. The molecule has 0 saturated heterocycles. The Morgan fingerprint density at radius 2 is 1.40 bits per heavy atom. The number of rotatable bonds is 5. The molecule has 0 fully saturated rings. The van der Waals surface area contributed by atoms with Crippen LogP contribution in [0.5, 0.6) is 0 Å². The molecule has 0 saturated carbocycles. The zero-order chi connectivity index (χ0) is 18.1. The average molecular weight is 335 g/mol. The Kier molecular flexibility index (Phi) is 5.01. The molecule has 0 bridgehead atoms. The molecule has 1 aromatic heterocycles. The summed E-state index contributed by atoms with van der Waals surface area (Å²) >= 11 is 0. The molecule has 25 heavy (non-hydrogen) atoms. The lowest BCUT2D eigenvalue weighted by Crippen LogP contribution is -2.00. The molecule has 2 heteroatoms. The van der Waals surface area contributed by atoms with Crippen LogP contribution in [0.25, 0.3) is 22.2 Å². The second kappa shape index (κ2) is 7.05.